The van der Waals surface area contributed by atoms with Gasteiger partial charge in [-0.3, -0.25) is 14.5 Å². The summed E-state index contributed by atoms with van der Waals surface area (Å²) < 4.78 is 5.17. The van der Waals surface area contributed by atoms with Crippen LogP contribution in [0, 0.1) is 19.3 Å². The van der Waals surface area contributed by atoms with E-state index in [1.54, 1.807) is 18.7 Å². The average molecular weight is 308 g/mol. The molecule has 1 fully saturated rings. The number of nitrogens with two attached hydrogens (primary N) is 1. The molecule has 0 saturated carbocycles. The summed E-state index contributed by atoms with van der Waals surface area (Å²) >= 11 is 0. The second-order valence-corrected chi connectivity index (χ2v) is 6.36. The monoisotopic (exact) mass is 308 g/mol. The number of aryl methyl sites for hydroxylation is 2. The lowest BCUT2D eigenvalue weighted by molar-refractivity contribution is -0.148. The quantitative estimate of drug-likeness (QED) is 0.815. The normalized spacial score (nSPS) is 16.8. The zero-order valence-corrected chi connectivity index (χ0v) is 13.7. The molecule has 7 heteroatoms. The van der Waals surface area contributed by atoms with Crippen LogP contribution in [0.4, 0.5) is 0 Å². The summed E-state index contributed by atoms with van der Waals surface area (Å²) in [5.41, 5.74) is 6.18. The topological polar surface area (TPSA) is 92.7 Å². The molecule has 0 aromatic carbocycles. The van der Waals surface area contributed by atoms with Crippen molar-refractivity contribution in [3.63, 3.8) is 0 Å². The van der Waals surface area contributed by atoms with Gasteiger partial charge in [0.2, 0.25) is 11.8 Å². The van der Waals surface area contributed by atoms with Crippen LogP contribution in [0.3, 0.4) is 0 Å². The van der Waals surface area contributed by atoms with Crippen LogP contribution in [-0.2, 0) is 16.1 Å². The number of aromatic nitrogens is 1. The third-order valence-corrected chi connectivity index (χ3v) is 4.37. The number of carbonyl (C=O) groups is 2. The molecule has 2 rings (SSSR count). The van der Waals surface area contributed by atoms with Crippen LogP contribution in [-0.4, -0.2) is 52.9 Å². The van der Waals surface area contributed by atoms with Gasteiger partial charge in [-0.25, -0.2) is 0 Å². The summed E-state index contributed by atoms with van der Waals surface area (Å²) in [5, 5.41) is 3.96. The van der Waals surface area contributed by atoms with Crippen LogP contribution in [0.5, 0.6) is 0 Å². The summed E-state index contributed by atoms with van der Waals surface area (Å²) in [6.45, 7) is 10.5. The predicted octanol–water partition coefficient (Wildman–Crippen LogP) is 0.447. The Bertz CT molecular complexity index is 552. The first-order valence-electron chi connectivity index (χ1n) is 7.47. The Morgan fingerprint density at radius 3 is 2.27 bits per heavy atom. The van der Waals surface area contributed by atoms with Gasteiger partial charge >= 0.3 is 0 Å². The van der Waals surface area contributed by atoms with Gasteiger partial charge in [0.25, 0.3) is 0 Å². The van der Waals surface area contributed by atoms with E-state index >= 15 is 0 Å². The van der Waals surface area contributed by atoms with Crippen LogP contribution in [0.2, 0.25) is 0 Å². The molecular formula is C15H24N4O3. The first-order chi connectivity index (χ1) is 10.2. The molecule has 0 unspecified atom stereocenters. The Balaban J connectivity index is 1.94. The molecule has 2 heterocycles. The zero-order valence-electron chi connectivity index (χ0n) is 13.7. The fourth-order valence-corrected chi connectivity index (χ4v) is 2.56. The molecule has 0 bridgehead atoms. The molecule has 1 aromatic heterocycles. The molecule has 7 nitrogen and oxygen atoms in total. The lowest BCUT2D eigenvalue weighted by Crippen LogP contribution is -2.54. The third kappa shape index (κ3) is 3.14. The van der Waals surface area contributed by atoms with Gasteiger partial charge in [0.05, 0.1) is 5.69 Å². The van der Waals surface area contributed by atoms with Crippen LogP contribution in [0.25, 0.3) is 0 Å². The number of hydrogen-bond donors (Lipinski definition) is 1. The maximum Gasteiger partial charge on any atom is 0.237 e. The Kier molecular flexibility index (Phi) is 4.55. The second kappa shape index (κ2) is 6.08. The molecule has 0 radical (unpaired) electrons. The smallest absolute Gasteiger partial charge is 0.237 e. The fourth-order valence-electron chi connectivity index (χ4n) is 2.56. The summed E-state index contributed by atoms with van der Waals surface area (Å²) in [6.07, 6.45) is 0. The maximum atomic E-state index is 12.4. The van der Waals surface area contributed by atoms with Gasteiger partial charge in [-0.2, -0.15) is 0 Å². The molecule has 0 spiro atoms. The Morgan fingerprint density at radius 2 is 1.82 bits per heavy atom. The van der Waals surface area contributed by atoms with E-state index in [-0.39, 0.29) is 5.91 Å². The molecule has 122 valence electrons. The molecule has 1 aromatic rings. The Labute approximate surface area is 130 Å². The van der Waals surface area contributed by atoms with Crippen LogP contribution >= 0.6 is 0 Å². The highest BCUT2D eigenvalue weighted by Crippen LogP contribution is 2.21. The van der Waals surface area contributed by atoms with E-state index in [4.69, 9.17) is 10.3 Å². The highest BCUT2D eigenvalue weighted by molar-refractivity contribution is 6.03. The minimum absolute atomic E-state index is 0.197. The van der Waals surface area contributed by atoms with Crippen LogP contribution in [0.1, 0.15) is 30.9 Å². The Hall–Kier alpha value is -1.89. The van der Waals surface area contributed by atoms with Gasteiger partial charge < -0.3 is 15.2 Å². The molecule has 1 aliphatic rings. The van der Waals surface area contributed by atoms with E-state index in [1.807, 2.05) is 13.8 Å². The van der Waals surface area contributed by atoms with E-state index in [9.17, 15) is 9.59 Å². The van der Waals surface area contributed by atoms with Crippen molar-refractivity contribution in [3.05, 3.63) is 17.0 Å². The molecule has 0 atom stereocenters. The van der Waals surface area contributed by atoms with E-state index in [1.165, 1.54) is 0 Å². The van der Waals surface area contributed by atoms with Gasteiger partial charge in [0.15, 0.2) is 0 Å². The lowest BCUT2D eigenvalue weighted by Gasteiger charge is -2.37. The van der Waals surface area contributed by atoms with Gasteiger partial charge in [0.1, 0.15) is 11.2 Å². The number of hydrogen-bond acceptors (Lipinski definition) is 5. The molecule has 22 heavy (non-hydrogen) atoms. The number of primary amides is 1. The Morgan fingerprint density at radius 1 is 1.23 bits per heavy atom. The standard InChI is InChI=1S/C15H24N4O3/c1-10-12(11(2)22-17-10)9-18-5-7-19(8-6-18)14(21)15(3,4)13(16)20/h5-9H2,1-4H3,(H2,16,20). The van der Waals surface area contributed by atoms with Crippen LogP contribution in [0.15, 0.2) is 4.52 Å². The van der Waals surface area contributed by atoms with Crippen molar-refractivity contribution in [2.24, 2.45) is 11.1 Å². The van der Waals surface area contributed by atoms with Crippen molar-refractivity contribution >= 4 is 11.8 Å². The number of amides is 2. The van der Waals surface area contributed by atoms with Crippen LogP contribution < -0.4 is 5.73 Å². The minimum Gasteiger partial charge on any atom is -0.369 e. The third-order valence-electron chi connectivity index (χ3n) is 4.37. The molecular weight excluding hydrogens is 284 g/mol. The van der Waals surface area contributed by atoms with Gasteiger partial charge in [-0.1, -0.05) is 5.16 Å². The first kappa shape index (κ1) is 16.5. The van der Waals surface area contributed by atoms with E-state index < -0.39 is 11.3 Å². The van der Waals surface area contributed by atoms with Gasteiger partial charge in [-0.05, 0) is 27.7 Å². The summed E-state index contributed by atoms with van der Waals surface area (Å²) in [6, 6.07) is 0. The summed E-state index contributed by atoms with van der Waals surface area (Å²) in [7, 11) is 0. The number of nitrogens with zero attached hydrogens (tertiary/aromatic N) is 3. The van der Waals surface area contributed by atoms with E-state index in [2.05, 4.69) is 10.1 Å². The fraction of sp³-hybridized carbons (Fsp3) is 0.667. The van der Waals surface area contributed by atoms with Crippen molar-refractivity contribution in [3.8, 4) is 0 Å². The predicted molar refractivity (Wildman–Crippen MR) is 80.8 cm³/mol. The largest absolute Gasteiger partial charge is 0.369 e. The highest BCUT2D eigenvalue weighted by Gasteiger charge is 2.38. The van der Waals surface area contributed by atoms with E-state index in [0.717, 1.165) is 36.7 Å². The number of rotatable bonds is 4. The van der Waals surface area contributed by atoms with Crippen molar-refractivity contribution < 1.29 is 14.1 Å². The van der Waals surface area contributed by atoms with Crippen molar-refractivity contribution in [2.75, 3.05) is 26.2 Å². The SMILES string of the molecule is Cc1noc(C)c1CN1CCN(C(=O)C(C)(C)C(N)=O)CC1. The highest BCUT2D eigenvalue weighted by atomic mass is 16.5. The van der Waals surface area contributed by atoms with Crippen molar-refractivity contribution in [1.29, 1.82) is 0 Å². The van der Waals surface area contributed by atoms with Crippen molar-refractivity contribution in [2.45, 2.75) is 34.2 Å². The van der Waals surface area contributed by atoms with Gasteiger partial charge in [-0.15, -0.1) is 0 Å². The summed E-state index contributed by atoms with van der Waals surface area (Å²) in [5.74, 6) is 0.0542. The van der Waals surface area contributed by atoms with E-state index in [0.29, 0.717) is 13.1 Å². The van der Waals surface area contributed by atoms with Gasteiger partial charge in [0, 0.05) is 38.3 Å². The average Bonchev–Trinajstić information content (AvgIpc) is 2.79. The second-order valence-electron chi connectivity index (χ2n) is 6.36. The molecule has 2 amide bonds. The molecule has 0 aliphatic carbocycles. The minimum atomic E-state index is -1.15. The van der Waals surface area contributed by atoms with Crippen molar-refractivity contribution in [1.82, 2.24) is 15.0 Å². The number of carbonyl (C=O) groups excluding carboxylic acids is 2. The lowest BCUT2D eigenvalue weighted by atomic mass is 9.90. The molecule has 1 saturated heterocycles. The number of piperazine rings is 1. The molecule has 2 N–H and O–H groups in total. The maximum absolute atomic E-state index is 12.4. The first-order valence-corrected chi connectivity index (χ1v) is 7.47. The summed E-state index contributed by atoms with van der Waals surface area (Å²) in [4.78, 5) is 27.8. The zero-order chi connectivity index (χ0) is 16.5. The molecule has 1 aliphatic heterocycles.